The third-order valence-electron chi connectivity index (χ3n) is 4.24. The minimum Gasteiger partial charge on any atom is -0.383 e. The first-order valence-electron chi connectivity index (χ1n) is 7.49. The van der Waals surface area contributed by atoms with E-state index < -0.39 is 6.04 Å². The normalized spacial score (nSPS) is 26.6. The van der Waals surface area contributed by atoms with Crippen molar-refractivity contribution in [2.75, 3.05) is 39.9 Å². The van der Waals surface area contributed by atoms with Gasteiger partial charge in [0.2, 0.25) is 5.91 Å². The van der Waals surface area contributed by atoms with Gasteiger partial charge in [-0.15, -0.1) is 0 Å². The van der Waals surface area contributed by atoms with Crippen molar-refractivity contribution < 1.29 is 9.53 Å². The van der Waals surface area contributed by atoms with Gasteiger partial charge in [-0.3, -0.25) is 4.79 Å². The number of ether oxygens (including phenoxy) is 1. The molecule has 0 spiro atoms. The highest BCUT2D eigenvalue weighted by atomic mass is 16.5. The summed E-state index contributed by atoms with van der Waals surface area (Å²) in [4.78, 5) is 16.8. The lowest BCUT2D eigenvalue weighted by Crippen LogP contribution is -2.51. The van der Waals surface area contributed by atoms with E-state index in [1.165, 1.54) is 32.4 Å². The van der Waals surface area contributed by atoms with Crippen LogP contribution in [-0.4, -0.2) is 67.7 Å². The number of hydrogen-bond acceptors (Lipinski definition) is 4. The summed E-state index contributed by atoms with van der Waals surface area (Å²) in [5.74, 6) is 0.0568. The predicted octanol–water partition coefficient (Wildman–Crippen LogP) is 0.437. The van der Waals surface area contributed by atoms with Gasteiger partial charge in [-0.25, -0.2) is 0 Å². The Morgan fingerprint density at radius 3 is 2.68 bits per heavy atom. The zero-order chi connectivity index (χ0) is 13.7. The van der Waals surface area contributed by atoms with Gasteiger partial charge in [0.05, 0.1) is 6.61 Å². The molecule has 2 unspecified atom stereocenters. The number of carbonyl (C=O) groups is 1. The van der Waals surface area contributed by atoms with Gasteiger partial charge < -0.3 is 20.3 Å². The van der Waals surface area contributed by atoms with E-state index in [0.29, 0.717) is 12.6 Å². The second-order valence-corrected chi connectivity index (χ2v) is 5.75. The van der Waals surface area contributed by atoms with E-state index in [4.69, 9.17) is 10.5 Å². The minimum atomic E-state index is -0.507. The Balaban J connectivity index is 1.86. The molecule has 2 aliphatic heterocycles. The van der Waals surface area contributed by atoms with Crippen molar-refractivity contribution in [2.24, 2.45) is 5.73 Å². The highest BCUT2D eigenvalue weighted by molar-refractivity contribution is 5.82. The second-order valence-electron chi connectivity index (χ2n) is 5.75. The van der Waals surface area contributed by atoms with Crippen LogP contribution in [0.15, 0.2) is 0 Å². The molecule has 2 N–H and O–H groups in total. The molecule has 5 heteroatoms. The van der Waals surface area contributed by atoms with E-state index in [-0.39, 0.29) is 5.91 Å². The van der Waals surface area contributed by atoms with E-state index in [0.717, 1.165) is 25.9 Å². The first kappa shape index (κ1) is 14.8. The fourth-order valence-corrected chi connectivity index (χ4v) is 3.22. The Morgan fingerprint density at radius 2 is 2.00 bits per heavy atom. The van der Waals surface area contributed by atoms with Crippen LogP contribution in [0.4, 0.5) is 0 Å². The van der Waals surface area contributed by atoms with Crippen molar-refractivity contribution in [3.05, 3.63) is 0 Å². The summed E-state index contributed by atoms with van der Waals surface area (Å²) < 4.78 is 4.99. The average Bonchev–Trinajstić information content (AvgIpc) is 2.87. The van der Waals surface area contributed by atoms with Gasteiger partial charge in [0, 0.05) is 26.2 Å². The molecular weight excluding hydrogens is 242 g/mol. The Labute approximate surface area is 116 Å². The van der Waals surface area contributed by atoms with Gasteiger partial charge in [-0.2, -0.15) is 0 Å². The number of nitrogens with zero attached hydrogens (tertiary/aromatic N) is 2. The Morgan fingerprint density at radius 1 is 1.26 bits per heavy atom. The van der Waals surface area contributed by atoms with Crippen molar-refractivity contribution in [1.82, 2.24) is 9.80 Å². The molecular formula is C14H27N3O2. The van der Waals surface area contributed by atoms with Crippen LogP contribution >= 0.6 is 0 Å². The maximum absolute atomic E-state index is 12.3. The van der Waals surface area contributed by atoms with Crippen LogP contribution in [0.3, 0.4) is 0 Å². The van der Waals surface area contributed by atoms with Gasteiger partial charge in [-0.05, 0) is 38.8 Å². The van der Waals surface area contributed by atoms with Gasteiger partial charge in [0.15, 0.2) is 0 Å². The van der Waals surface area contributed by atoms with Crippen LogP contribution in [0, 0.1) is 0 Å². The molecule has 2 aliphatic rings. The first-order valence-corrected chi connectivity index (χ1v) is 7.49. The van der Waals surface area contributed by atoms with Crippen molar-refractivity contribution in [3.63, 3.8) is 0 Å². The summed E-state index contributed by atoms with van der Waals surface area (Å²) in [5.41, 5.74) is 5.87. The zero-order valence-electron chi connectivity index (χ0n) is 12.0. The topological polar surface area (TPSA) is 58.8 Å². The standard InChI is InChI=1S/C14H27N3O2/c1-19-11-13(15)14(18)17-9-5-6-12(17)10-16-7-3-2-4-8-16/h12-13H,2-11,15H2,1H3. The number of hydrogen-bond donors (Lipinski definition) is 1. The molecule has 0 aromatic rings. The van der Waals surface area contributed by atoms with Crippen molar-refractivity contribution in [1.29, 1.82) is 0 Å². The van der Waals surface area contributed by atoms with Crippen LogP contribution in [0.5, 0.6) is 0 Å². The van der Waals surface area contributed by atoms with E-state index in [1.54, 1.807) is 7.11 Å². The number of methoxy groups -OCH3 is 1. The van der Waals surface area contributed by atoms with Crippen LogP contribution in [0.25, 0.3) is 0 Å². The summed E-state index contributed by atoms with van der Waals surface area (Å²) in [6.07, 6.45) is 6.15. The third-order valence-corrected chi connectivity index (χ3v) is 4.24. The lowest BCUT2D eigenvalue weighted by molar-refractivity contribution is -0.134. The monoisotopic (exact) mass is 269 g/mol. The fraction of sp³-hybridized carbons (Fsp3) is 0.929. The van der Waals surface area contributed by atoms with Gasteiger partial charge >= 0.3 is 0 Å². The molecule has 5 nitrogen and oxygen atoms in total. The highest BCUT2D eigenvalue weighted by Gasteiger charge is 2.32. The molecule has 0 aromatic carbocycles. The SMILES string of the molecule is COCC(N)C(=O)N1CCCC1CN1CCCCC1. The number of nitrogens with two attached hydrogens (primary N) is 1. The van der Waals surface area contributed by atoms with Crippen LogP contribution in [-0.2, 0) is 9.53 Å². The lowest BCUT2D eigenvalue weighted by atomic mass is 10.1. The fourth-order valence-electron chi connectivity index (χ4n) is 3.22. The summed E-state index contributed by atoms with van der Waals surface area (Å²) in [5, 5.41) is 0. The molecule has 2 rings (SSSR count). The Hall–Kier alpha value is -0.650. The van der Waals surface area contributed by atoms with E-state index >= 15 is 0 Å². The Kier molecular flexibility index (Phi) is 5.60. The molecule has 2 saturated heterocycles. The molecule has 2 heterocycles. The molecule has 0 aliphatic carbocycles. The summed E-state index contributed by atoms with van der Waals surface area (Å²) >= 11 is 0. The first-order chi connectivity index (χ1) is 9.22. The number of carbonyl (C=O) groups excluding carboxylic acids is 1. The largest absolute Gasteiger partial charge is 0.383 e. The van der Waals surface area contributed by atoms with Crippen molar-refractivity contribution in [3.8, 4) is 0 Å². The van der Waals surface area contributed by atoms with Gasteiger partial charge in [0.25, 0.3) is 0 Å². The smallest absolute Gasteiger partial charge is 0.242 e. The molecule has 2 atom stereocenters. The van der Waals surface area contributed by atoms with Gasteiger partial charge in [0.1, 0.15) is 6.04 Å². The molecule has 1 amide bonds. The highest BCUT2D eigenvalue weighted by Crippen LogP contribution is 2.20. The van der Waals surface area contributed by atoms with Gasteiger partial charge in [-0.1, -0.05) is 6.42 Å². The average molecular weight is 269 g/mol. The summed E-state index contributed by atoms with van der Waals surface area (Å²) in [6, 6.07) is -0.152. The molecule has 0 aromatic heterocycles. The summed E-state index contributed by atoms with van der Waals surface area (Å²) in [7, 11) is 1.59. The molecule has 0 saturated carbocycles. The molecule has 2 fully saturated rings. The number of rotatable bonds is 5. The molecule has 19 heavy (non-hydrogen) atoms. The van der Waals surface area contributed by atoms with E-state index in [1.807, 2.05) is 4.90 Å². The number of amides is 1. The van der Waals surface area contributed by atoms with E-state index in [9.17, 15) is 4.79 Å². The zero-order valence-corrected chi connectivity index (χ0v) is 12.0. The molecule has 0 radical (unpaired) electrons. The second kappa shape index (κ2) is 7.22. The van der Waals surface area contributed by atoms with Crippen LogP contribution in [0.2, 0.25) is 0 Å². The maximum atomic E-state index is 12.3. The predicted molar refractivity (Wildman–Crippen MR) is 74.9 cm³/mol. The number of likely N-dealkylation sites (tertiary alicyclic amines) is 2. The lowest BCUT2D eigenvalue weighted by Gasteiger charge is -2.33. The molecule has 0 bridgehead atoms. The number of piperidine rings is 1. The minimum absolute atomic E-state index is 0.0568. The van der Waals surface area contributed by atoms with Crippen molar-refractivity contribution >= 4 is 5.91 Å². The Bertz CT molecular complexity index is 292. The van der Waals surface area contributed by atoms with Crippen LogP contribution in [0.1, 0.15) is 32.1 Å². The third kappa shape index (κ3) is 3.91. The summed E-state index contributed by atoms with van der Waals surface area (Å²) in [6.45, 7) is 4.55. The van der Waals surface area contributed by atoms with Crippen LogP contribution < -0.4 is 5.73 Å². The maximum Gasteiger partial charge on any atom is 0.242 e. The van der Waals surface area contributed by atoms with E-state index in [2.05, 4.69) is 4.90 Å². The molecule has 110 valence electrons. The van der Waals surface area contributed by atoms with Crippen molar-refractivity contribution in [2.45, 2.75) is 44.2 Å². The quantitative estimate of drug-likeness (QED) is 0.786.